The van der Waals surface area contributed by atoms with E-state index in [4.69, 9.17) is 0 Å². The van der Waals surface area contributed by atoms with E-state index in [1.165, 1.54) is 0 Å². The van der Waals surface area contributed by atoms with E-state index in [-0.39, 0.29) is 5.82 Å². The van der Waals surface area contributed by atoms with Gasteiger partial charge in [0.15, 0.2) is 0 Å². The molecule has 0 radical (unpaired) electrons. The number of halogens is 1. The zero-order chi connectivity index (χ0) is 14.5. The summed E-state index contributed by atoms with van der Waals surface area (Å²) in [6.45, 7) is 5.52. The highest BCUT2D eigenvalue weighted by Crippen LogP contribution is 2.27. The quantitative estimate of drug-likeness (QED) is 0.893. The second kappa shape index (κ2) is 7.04. The highest BCUT2D eigenvalue weighted by molar-refractivity contribution is 5.54. The lowest BCUT2D eigenvalue weighted by Gasteiger charge is -2.37. The van der Waals surface area contributed by atoms with Crippen LogP contribution >= 0.6 is 0 Å². The lowest BCUT2D eigenvalue weighted by molar-refractivity contribution is 0.249. The van der Waals surface area contributed by atoms with Crippen molar-refractivity contribution in [3.05, 3.63) is 29.6 Å². The van der Waals surface area contributed by atoms with Crippen LogP contribution in [0.25, 0.3) is 0 Å². The average molecular weight is 279 g/mol. The van der Waals surface area contributed by atoms with Crippen LogP contribution in [0.1, 0.15) is 25.3 Å². The molecule has 1 aliphatic rings. The summed E-state index contributed by atoms with van der Waals surface area (Å²) >= 11 is 0. The molecule has 0 unspecified atom stereocenters. The van der Waals surface area contributed by atoms with Gasteiger partial charge in [-0.05, 0) is 45.6 Å². The number of hydrogen-bond donors (Lipinski definition) is 1. The first-order valence-corrected chi connectivity index (χ1v) is 7.53. The van der Waals surface area contributed by atoms with Crippen LogP contribution in [0, 0.1) is 5.82 Å². The molecule has 0 saturated carbocycles. The van der Waals surface area contributed by atoms with Crippen molar-refractivity contribution >= 4 is 5.69 Å². The van der Waals surface area contributed by atoms with Crippen LogP contribution in [0.5, 0.6) is 0 Å². The fraction of sp³-hybridized carbons (Fsp3) is 0.625. The summed E-state index contributed by atoms with van der Waals surface area (Å²) in [5.74, 6) is -0.0989. The van der Waals surface area contributed by atoms with Crippen molar-refractivity contribution in [1.29, 1.82) is 0 Å². The number of rotatable bonds is 5. The molecule has 1 fully saturated rings. The summed E-state index contributed by atoms with van der Waals surface area (Å²) < 4.78 is 14.1. The lowest BCUT2D eigenvalue weighted by Crippen LogP contribution is -2.42. The fourth-order valence-corrected chi connectivity index (χ4v) is 2.89. The molecule has 0 spiro atoms. The Kier molecular flexibility index (Phi) is 5.38. The number of piperidine rings is 1. The SMILES string of the molecule is CCNCc1c(F)cccc1N1CCC(N(C)C)CC1. The zero-order valence-electron chi connectivity index (χ0n) is 12.8. The van der Waals surface area contributed by atoms with Crippen LogP contribution in [-0.4, -0.2) is 44.7 Å². The van der Waals surface area contributed by atoms with E-state index in [9.17, 15) is 4.39 Å². The van der Waals surface area contributed by atoms with Crippen LogP contribution in [0.3, 0.4) is 0 Å². The van der Waals surface area contributed by atoms with Gasteiger partial charge in [0.05, 0.1) is 0 Å². The predicted molar refractivity (Wildman–Crippen MR) is 82.7 cm³/mol. The highest BCUT2D eigenvalue weighted by Gasteiger charge is 2.22. The van der Waals surface area contributed by atoms with Crippen molar-refractivity contribution in [2.75, 3.05) is 38.6 Å². The average Bonchev–Trinajstić information content (AvgIpc) is 2.46. The molecule has 0 aliphatic carbocycles. The van der Waals surface area contributed by atoms with Crippen molar-refractivity contribution in [3.8, 4) is 0 Å². The minimum absolute atomic E-state index is 0.0989. The Balaban J connectivity index is 2.11. The molecular formula is C16H26FN3. The van der Waals surface area contributed by atoms with E-state index < -0.39 is 0 Å². The summed E-state index contributed by atoms with van der Waals surface area (Å²) in [5, 5.41) is 3.24. The van der Waals surface area contributed by atoms with Crippen LogP contribution in [0.2, 0.25) is 0 Å². The number of anilines is 1. The summed E-state index contributed by atoms with van der Waals surface area (Å²) in [6.07, 6.45) is 2.29. The summed E-state index contributed by atoms with van der Waals surface area (Å²) in [6, 6.07) is 6.07. The fourth-order valence-electron chi connectivity index (χ4n) is 2.89. The molecule has 0 aromatic heterocycles. The zero-order valence-corrected chi connectivity index (χ0v) is 12.8. The molecule has 0 bridgehead atoms. The standard InChI is InChI=1S/C16H26FN3/c1-4-18-12-14-15(17)6-5-7-16(14)20-10-8-13(9-11-20)19(2)3/h5-7,13,18H,4,8-12H2,1-3H3. The third kappa shape index (κ3) is 3.49. The topological polar surface area (TPSA) is 18.5 Å². The van der Waals surface area contributed by atoms with Gasteiger partial charge in [0, 0.05) is 36.9 Å². The predicted octanol–water partition coefficient (Wildman–Crippen LogP) is 2.47. The molecule has 112 valence electrons. The molecule has 1 aromatic carbocycles. The minimum atomic E-state index is -0.0989. The molecular weight excluding hydrogens is 253 g/mol. The molecule has 4 heteroatoms. The molecule has 2 rings (SSSR count). The van der Waals surface area contributed by atoms with Gasteiger partial charge in [-0.1, -0.05) is 13.0 Å². The Morgan fingerprint density at radius 3 is 2.60 bits per heavy atom. The molecule has 0 amide bonds. The third-order valence-corrected chi connectivity index (χ3v) is 4.18. The van der Waals surface area contributed by atoms with Gasteiger partial charge in [0.2, 0.25) is 0 Å². The van der Waals surface area contributed by atoms with E-state index in [1.807, 2.05) is 19.1 Å². The number of hydrogen-bond acceptors (Lipinski definition) is 3. The van der Waals surface area contributed by atoms with E-state index in [0.717, 1.165) is 43.7 Å². The molecule has 1 aliphatic heterocycles. The maximum Gasteiger partial charge on any atom is 0.129 e. The first-order chi connectivity index (χ1) is 9.63. The maximum absolute atomic E-state index is 14.1. The monoisotopic (exact) mass is 279 g/mol. The van der Waals surface area contributed by atoms with Gasteiger partial charge >= 0.3 is 0 Å². The van der Waals surface area contributed by atoms with E-state index >= 15 is 0 Å². The third-order valence-electron chi connectivity index (χ3n) is 4.18. The summed E-state index contributed by atoms with van der Waals surface area (Å²) in [7, 11) is 4.28. The van der Waals surface area contributed by atoms with Gasteiger partial charge in [0.1, 0.15) is 5.82 Å². The normalized spacial score (nSPS) is 16.9. The van der Waals surface area contributed by atoms with E-state index in [2.05, 4.69) is 29.2 Å². The Bertz CT molecular complexity index is 426. The molecule has 0 atom stereocenters. The molecule has 1 heterocycles. The molecule has 1 saturated heterocycles. The summed E-state index contributed by atoms with van der Waals surface area (Å²) in [5.41, 5.74) is 1.86. The largest absolute Gasteiger partial charge is 0.371 e. The summed E-state index contributed by atoms with van der Waals surface area (Å²) in [4.78, 5) is 4.62. The maximum atomic E-state index is 14.1. The van der Waals surface area contributed by atoms with Crippen molar-refractivity contribution in [1.82, 2.24) is 10.2 Å². The Labute approximate surface area is 121 Å². The van der Waals surface area contributed by atoms with Crippen molar-refractivity contribution in [2.45, 2.75) is 32.4 Å². The van der Waals surface area contributed by atoms with Gasteiger partial charge in [-0.25, -0.2) is 4.39 Å². The highest BCUT2D eigenvalue weighted by atomic mass is 19.1. The van der Waals surface area contributed by atoms with E-state index in [1.54, 1.807) is 6.07 Å². The van der Waals surface area contributed by atoms with Gasteiger partial charge in [0.25, 0.3) is 0 Å². The van der Waals surface area contributed by atoms with Crippen molar-refractivity contribution in [3.63, 3.8) is 0 Å². The molecule has 1 aromatic rings. The molecule has 1 N–H and O–H groups in total. The first kappa shape index (κ1) is 15.3. The number of benzene rings is 1. The van der Waals surface area contributed by atoms with Crippen LogP contribution in [0.15, 0.2) is 18.2 Å². The number of nitrogens with zero attached hydrogens (tertiary/aromatic N) is 2. The lowest BCUT2D eigenvalue weighted by atomic mass is 10.0. The van der Waals surface area contributed by atoms with Crippen molar-refractivity contribution < 1.29 is 4.39 Å². The second-order valence-electron chi connectivity index (χ2n) is 5.70. The molecule has 3 nitrogen and oxygen atoms in total. The second-order valence-corrected chi connectivity index (χ2v) is 5.70. The van der Waals surface area contributed by atoms with Crippen molar-refractivity contribution in [2.24, 2.45) is 0 Å². The van der Waals surface area contributed by atoms with Gasteiger partial charge in [-0.15, -0.1) is 0 Å². The van der Waals surface area contributed by atoms with E-state index in [0.29, 0.717) is 12.6 Å². The van der Waals surface area contributed by atoms with Gasteiger partial charge in [-0.2, -0.15) is 0 Å². The first-order valence-electron chi connectivity index (χ1n) is 7.53. The van der Waals surface area contributed by atoms with Gasteiger partial charge in [-0.3, -0.25) is 0 Å². The van der Waals surface area contributed by atoms with Crippen LogP contribution in [-0.2, 0) is 6.54 Å². The molecule has 20 heavy (non-hydrogen) atoms. The van der Waals surface area contributed by atoms with Crippen LogP contribution in [0.4, 0.5) is 10.1 Å². The Morgan fingerprint density at radius 1 is 1.30 bits per heavy atom. The Morgan fingerprint density at radius 2 is 2.00 bits per heavy atom. The van der Waals surface area contributed by atoms with Crippen LogP contribution < -0.4 is 10.2 Å². The number of nitrogens with one attached hydrogen (secondary N) is 1. The smallest absolute Gasteiger partial charge is 0.129 e. The Hall–Kier alpha value is -1.13. The van der Waals surface area contributed by atoms with Gasteiger partial charge < -0.3 is 15.1 Å². The minimum Gasteiger partial charge on any atom is -0.371 e.